The zero-order chi connectivity index (χ0) is 19.5. The second-order valence-electron chi connectivity index (χ2n) is 8.32. The Bertz CT molecular complexity index is 831. The molecular weight excluding hydrogens is 348 g/mol. The molecule has 0 saturated heterocycles. The van der Waals surface area contributed by atoms with Gasteiger partial charge >= 0.3 is 0 Å². The molecule has 2 N–H and O–H groups in total. The van der Waals surface area contributed by atoms with E-state index >= 15 is 0 Å². The van der Waals surface area contributed by atoms with Gasteiger partial charge in [0.15, 0.2) is 0 Å². The van der Waals surface area contributed by atoms with Crippen LogP contribution >= 0.6 is 0 Å². The number of amides is 2. The summed E-state index contributed by atoms with van der Waals surface area (Å²) in [5.41, 5.74) is 2.74. The van der Waals surface area contributed by atoms with Gasteiger partial charge in [-0.15, -0.1) is 0 Å². The van der Waals surface area contributed by atoms with Crippen LogP contribution in [0.25, 0.3) is 11.1 Å². The average Bonchev–Trinajstić information content (AvgIpc) is 3.36. The second kappa shape index (κ2) is 8.17. The largest absolute Gasteiger partial charge is 0.352 e. The lowest BCUT2D eigenvalue weighted by atomic mass is 9.84. The fourth-order valence-corrected chi connectivity index (χ4v) is 5.03. The summed E-state index contributed by atoms with van der Waals surface area (Å²) in [6.07, 6.45) is 5.25. The van der Waals surface area contributed by atoms with Gasteiger partial charge in [-0.05, 0) is 67.2 Å². The molecule has 0 radical (unpaired) electrons. The molecule has 2 amide bonds. The minimum atomic E-state index is -0.220. The molecule has 4 rings (SSSR count). The lowest BCUT2D eigenvalue weighted by Crippen LogP contribution is -2.44. The molecule has 0 aliphatic heterocycles. The molecule has 2 aliphatic rings. The Kier molecular flexibility index (Phi) is 5.47. The van der Waals surface area contributed by atoms with Crippen molar-refractivity contribution in [2.75, 3.05) is 6.54 Å². The van der Waals surface area contributed by atoms with Crippen LogP contribution in [0.4, 0.5) is 0 Å². The van der Waals surface area contributed by atoms with Gasteiger partial charge in [0.1, 0.15) is 0 Å². The van der Waals surface area contributed by atoms with Crippen LogP contribution in [0.5, 0.6) is 0 Å². The molecule has 2 fully saturated rings. The second-order valence-corrected chi connectivity index (χ2v) is 8.32. The Morgan fingerprint density at radius 3 is 2.32 bits per heavy atom. The van der Waals surface area contributed by atoms with Crippen molar-refractivity contribution in [1.29, 1.82) is 0 Å². The van der Waals surface area contributed by atoms with Crippen molar-refractivity contribution < 1.29 is 9.59 Å². The van der Waals surface area contributed by atoms with Gasteiger partial charge in [-0.1, -0.05) is 48.9 Å². The molecule has 4 heteroatoms. The van der Waals surface area contributed by atoms with Crippen LogP contribution in [0.3, 0.4) is 0 Å². The third-order valence-corrected chi connectivity index (χ3v) is 6.49. The van der Waals surface area contributed by atoms with E-state index in [1.54, 1.807) is 12.1 Å². The molecular formula is C24H28N2O2. The first kappa shape index (κ1) is 18.7. The molecule has 2 bridgehead atoms. The third-order valence-electron chi connectivity index (χ3n) is 6.49. The van der Waals surface area contributed by atoms with Crippen molar-refractivity contribution in [3.8, 4) is 11.1 Å². The number of rotatable bonds is 6. The summed E-state index contributed by atoms with van der Waals surface area (Å²) >= 11 is 0. The molecule has 146 valence electrons. The summed E-state index contributed by atoms with van der Waals surface area (Å²) < 4.78 is 0. The molecule has 2 saturated carbocycles. The molecule has 4 atom stereocenters. The van der Waals surface area contributed by atoms with E-state index in [1.165, 1.54) is 25.7 Å². The highest BCUT2D eigenvalue weighted by Gasteiger charge is 2.42. The monoisotopic (exact) mass is 376 g/mol. The lowest BCUT2D eigenvalue weighted by Gasteiger charge is -2.28. The molecule has 4 nitrogen and oxygen atoms in total. The number of nitrogens with one attached hydrogen (secondary N) is 2. The zero-order valence-electron chi connectivity index (χ0n) is 16.4. The third kappa shape index (κ3) is 4.11. The maximum Gasteiger partial charge on any atom is 0.251 e. The fraction of sp³-hybridized carbons (Fsp3) is 0.417. The molecule has 0 heterocycles. The van der Waals surface area contributed by atoms with E-state index in [0.717, 1.165) is 23.0 Å². The smallest absolute Gasteiger partial charge is 0.251 e. The maximum absolute atomic E-state index is 12.4. The quantitative estimate of drug-likeness (QED) is 0.800. The minimum absolute atomic E-state index is 0.0183. The summed E-state index contributed by atoms with van der Waals surface area (Å²) in [5.74, 6) is 1.92. The maximum atomic E-state index is 12.4. The molecule has 2 aliphatic carbocycles. The van der Waals surface area contributed by atoms with Crippen LogP contribution in [0.2, 0.25) is 0 Å². The first-order valence-electron chi connectivity index (χ1n) is 10.3. The van der Waals surface area contributed by atoms with Gasteiger partial charge in [0.2, 0.25) is 5.91 Å². The minimum Gasteiger partial charge on any atom is -0.352 e. The predicted molar refractivity (Wildman–Crippen MR) is 111 cm³/mol. The Hall–Kier alpha value is -2.62. The van der Waals surface area contributed by atoms with Gasteiger partial charge in [0, 0.05) is 11.6 Å². The number of benzene rings is 2. The van der Waals surface area contributed by atoms with Gasteiger partial charge in [-0.2, -0.15) is 0 Å². The Balaban J connectivity index is 1.26. The van der Waals surface area contributed by atoms with E-state index in [2.05, 4.69) is 17.6 Å². The van der Waals surface area contributed by atoms with Crippen molar-refractivity contribution in [3.63, 3.8) is 0 Å². The van der Waals surface area contributed by atoms with E-state index in [9.17, 15) is 9.59 Å². The number of carbonyl (C=O) groups excluding carboxylic acids is 2. The van der Waals surface area contributed by atoms with Crippen molar-refractivity contribution in [2.45, 2.75) is 38.6 Å². The van der Waals surface area contributed by atoms with Crippen LogP contribution in [0, 0.1) is 17.8 Å². The van der Waals surface area contributed by atoms with Gasteiger partial charge in [-0.25, -0.2) is 0 Å². The van der Waals surface area contributed by atoms with Crippen LogP contribution in [0.15, 0.2) is 54.6 Å². The molecule has 2 aromatic rings. The Morgan fingerprint density at radius 2 is 1.68 bits per heavy atom. The summed E-state index contributed by atoms with van der Waals surface area (Å²) in [6.45, 7) is 2.12. The molecule has 28 heavy (non-hydrogen) atoms. The van der Waals surface area contributed by atoms with Crippen molar-refractivity contribution in [1.82, 2.24) is 10.6 Å². The normalized spacial score (nSPS) is 24.0. The lowest BCUT2D eigenvalue weighted by molar-refractivity contribution is -0.121. The molecule has 2 aromatic carbocycles. The van der Waals surface area contributed by atoms with Crippen LogP contribution in [0.1, 0.15) is 43.0 Å². The standard InChI is InChI=1S/C24H28N2O2/c1-16(22-14-17-7-8-21(22)13-17)26-23(27)15-25-24(28)20-11-9-19(10-12-20)18-5-3-2-4-6-18/h2-6,9-12,16-17,21-22H,7-8,13-15H2,1H3,(H,25,28)(H,26,27). The number of carbonyl (C=O) groups is 2. The number of hydrogen-bond acceptors (Lipinski definition) is 2. The first-order valence-corrected chi connectivity index (χ1v) is 10.3. The van der Waals surface area contributed by atoms with E-state index < -0.39 is 0 Å². The summed E-state index contributed by atoms with van der Waals surface area (Å²) in [4.78, 5) is 24.6. The van der Waals surface area contributed by atoms with Gasteiger partial charge in [0.25, 0.3) is 5.91 Å². The highest BCUT2D eigenvalue weighted by molar-refractivity contribution is 5.96. The first-order chi connectivity index (χ1) is 13.6. The SMILES string of the molecule is CC(NC(=O)CNC(=O)c1ccc(-c2ccccc2)cc1)C1CC2CCC1C2. The zero-order valence-corrected chi connectivity index (χ0v) is 16.4. The van der Waals surface area contributed by atoms with Crippen molar-refractivity contribution >= 4 is 11.8 Å². The molecule has 0 aromatic heterocycles. The Labute approximate surface area is 166 Å². The summed E-state index contributed by atoms with van der Waals surface area (Å²) in [5, 5.41) is 5.83. The van der Waals surface area contributed by atoms with Crippen LogP contribution < -0.4 is 10.6 Å². The van der Waals surface area contributed by atoms with Crippen molar-refractivity contribution in [2.24, 2.45) is 17.8 Å². The van der Waals surface area contributed by atoms with Gasteiger partial charge in [-0.3, -0.25) is 9.59 Å². The topological polar surface area (TPSA) is 58.2 Å². The molecule has 0 spiro atoms. The van der Waals surface area contributed by atoms with E-state index in [-0.39, 0.29) is 24.4 Å². The van der Waals surface area contributed by atoms with E-state index in [0.29, 0.717) is 11.5 Å². The average molecular weight is 377 g/mol. The van der Waals surface area contributed by atoms with E-state index in [1.807, 2.05) is 42.5 Å². The van der Waals surface area contributed by atoms with Crippen molar-refractivity contribution in [3.05, 3.63) is 60.2 Å². The van der Waals surface area contributed by atoms with E-state index in [4.69, 9.17) is 0 Å². The molecule has 4 unspecified atom stereocenters. The highest BCUT2D eigenvalue weighted by Crippen LogP contribution is 2.49. The Morgan fingerprint density at radius 1 is 0.964 bits per heavy atom. The summed E-state index contributed by atoms with van der Waals surface area (Å²) in [6, 6.07) is 17.7. The fourth-order valence-electron chi connectivity index (χ4n) is 5.03. The predicted octanol–water partition coefficient (Wildman–Crippen LogP) is 4.02. The highest BCUT2D eigenvalue weighted by atomic mass is 16.2. The van der Waals surface area contributed by atoms with Gasteiger partial charge < -0.3 is 10.6 Å². The number of fused-ring (bicyclic) bond motifs is 2. The van der Waals surface area contributed by atoms with Gasteiger partial charge in [0.05, 0.1) is 6.54 Å². The van der Waals surface area contributed by atoms with Crippen LogP contribution in [-0.2, 0) is 4.79 Å². The van der Waals surface area contributed by atoms with Crippen LogP contribution in [-0.4, -0.2) is 24.4 Å². The summed E-state index contributed by atoms with van der Waals surface area (Å²) in [7, 11) is 0. The number of hydrogen-bond donors (Lipinski definition) is 2.